The molecule has 3 N–H and O–H groups in total. The molecule has 2 aliphatic rings. The summed E-state index contributed by atoms with van der Waals surface area (Å²) in [6.07, 6.45) is 1.02. The quantitative estimate of drug-likeness (QED) is 0.622. The van der Waals surface area contributed by atoms with Gasteiger partial charge in [0.25, 0.3) is 0 Å². The van der Waals surface area contributed by atoms with Crippen LogP contribution in [0.15, 0.2) is 0 Å². The molecular formula is C10H22N4O. The maximum absolute atomic E-state index is 5.83. The van der Waals surface area contributed by atoms with Gasteiger partial charge in [0.15, 0.2) is 0 Å². The van der Waals surface area contributed by atoms with Gasteiger partial charge in [0, 0.05) is 39.3 Å². The van der Waals surface area contributed by atoms with Crippen LogP contribution >= 0.6 is 0 Å². The highest BCUT2D eigenvalue weighted by molar-refractivity contribution is 4.92. The molecule has 0 aromatic carbocycles. The monoisotopic (exact) mass is 214 g/mol. The second-order valence-corrected chi connectivity index (χ2v) is 4.69. The molecule has 0 aliphatic carbocycles. The van der Waals surface area contributed by atoms with Crippen LogP contribution in [0.1, 0.15) is 6.42 Å². The van der Waals surface area contributed by atoms with Gasteiger partial charge in [0.2, 0.25) is 0 Å². The smallest absolute Gasteiger partial charge is 0.0702 e. The van der Waals surface area contributed by atoms with E-state index in [1.807, 2.05) is 0 Å². The van der Waals surface area contributed by atoms with Crippen molar-refractivity contribution in [1.29, 1.82) is 0 Å². The van der Waals surface area contributed by atoms with Crippen LogP contribution < -0.4 is 11.2 Å². The van der Waals surface area contributed by atoms with Crippen LogP contribution in [-0.4, -0.2) is 68.4 Å². The minimum Gasteiger partial charge on any atom is -0.379 e. The molecule has 0 aromatic heterocycles. The topological polar surface area (TPSA) is 53.8 Å². The Kier molecular flexibility index (Phi) is 3.58. The maximum atomic E-state index is 5.83. The summed E-state index contributed by atoms with van der Waals surface area (Å²) in [6.45, 7) is 6.60. The zero-order valence-electron chi connectivity index (χ0n) is 9.54. The normalized spacial score (nSPS) is 34.8. The molecular weight excluding hydrogens is 192 g/mol. The third-order valence-electron chi connectivity index (χ3n) is 3.39. The van der Waals surface area contributed by atoms with Gasteiger partial charge in [0.05, 0.1) is 12.1 Å². The molecule has 0 bridgehead atoms. The van der Waals surface area contributed by atoms with Gasteiger partial charge in [-0.05, 0) is 13.5 Å². The fourth-order valence-electron chi connectivity index (χ4n) is 2.16. The first-order valence-corrected chi connectivity index (χ1v) is 5.73. The number of piperazine rings is 1. The number of nitrogens with two attached hydrogens (primary N) is 1. The summed E-state index contributed by atoms with van der Waals surface area (Å²) < 4.78 is 5.43. The van der Waals surface area contributed by atoms with E-state index in [1.165, 1.54) is 0 Å². The lowest BCUT2D eigenvalue weighted by molar-refractivity contribution is 0.0479. The van der Waals surface area contributed by atoms with Crippen LogP contribution in [0.3, 0.4) is 0 Å². The average molecular weight is 214 g/mol. The Morgan fingerprint density at radius 3 is 2.60 bits per heavy atom. The Balaban J connectivity index is 1.84. The van der Waals surface area contributed by atoms with Gasteiger partial charge in [-0.3, -0.25) is 0 Å². The van der Waals surface area contributed by atoms with Gasteiger partial charge >= 0.3 is 0 Å². The average Bonchev–Trinajstić information content (AvgIpc) is 2.71. The summed E-state index contributed by atoms with van der Waals surface area (Å²) in [5.74, 6) is 0. The van der Waals surface area contributed by atoms with E-state index in [1.54, 1.807) is 0 Å². The van der Waals surface area contributed by atoms with Crippen molar-refractivity contribution >= 4 is 0 Å². The van der Waals surface area contributed by atoms with Gasteiger partial charge in [-0.1, -0.05) is 0 Å². The van der Waals surface area contributed by atoms with E-state index in [2.05, 4.69) is 22.4 Å². The molecule has 15 heavy (non-hydrogen) atoms. The highest BCUT2D eigenvalue weighted by Gasteiger charge is 2.35. The predicted molar refractivity (Wildman–Crippen MR) is 59.4 cm³/mol. The lowest BCUT2D eigenvalue weighted by Gasteiger charge is -2.39. The third kappa shape index (κ3) is 2.68. The molecule has 2 aliphatic heterocycles. The third-order valence-corrected chi connectivity index (χ3v) is 3.39. The summed E-state index contributed by atoms with van der Waals surface area (Å²) in [4.78, 5) is 2.35. The van der Waals surface area contributed by atoms with E-state index >= 15 is 0 Å². The van der Waals surface area contributed by atoms with Crippen molar-refractivity contribution in [2.24, 2.45) is 5.73 Å². The molecule has 5 nitrogen and oxygen atoms in total. The molecule has 2 rings (SSSR count). The van der Waals surface area contributed by atoms with Crippen molar-refractivity contribution in [3.63, 3.8) is 0 Å². The molecule has 0 amide bonds. The fourth-order valence-corrected chi connectivity index (χ4v) is 2.16. The van der Waals surface area contributed by atoms with Gasteiger partial charge in [-0.15, -0.1) is 0 Å². The largest absolute Gasteiger partial charge is 0.379 e. The number of ether oxygens (including phenoxy) is 1. The molecule has 2 heterocycles. The molecule has 88 valence electrons. The predicted octanol–water partition coefficient (Wildman–Crippen LogP) is -1.14. The molecule has 1 unspecified atom stereocenters. The van der Waals surface area contributed by atoms with Crippen LogP contribution in [0.4, 0.5) is 0 Å². The van der Waals surface area contributed by atoms with Crippen molar-refractivity contribution in [2.75, 3.05) is 53.0 Å². The Morgan fingerprint density at radius 2 is 2.07 bits per heavy atom. The van der Waals surface area contributed by atoms with E-state index in [4.69, 9.17) is 10.5 Å². The first-order chi connectivity index (χ1) is 7.24. The number of hydrogen-bond acceptors (Lipinski definition) is 5. The Hall–Kier alpha value is -0.200. The number of nitrogens with one attached hydrogen (secondary N) is 1. The first-order valence-electron chi connectivity index (χ1n) is 5.73. The Morgan fingerprint density at radius 1 is 1.33 bits per heavy atom. The molecule has 1 atom stereocenters. The van der Waals surface area contributed by atoms with Gasteiger partial charge in [0.1, 0.15) is 0 Å². The van der Waals surface area contributed by atoms with Crippen molar-refractivity contribution < 1.29 is 4.74 Å². The minimum absolute atomic E-state index is 0.00406. The molecule has 0 spiro atoms. The standard InChI is InChI=1S/C10H22N4O/c1-13-3-5-14(6-4-13)12-10(8-11)2-7-15-9-10/h12H,2-9,11H2,1H3. The molecule has 2 saturated heterocycles. The fraction of sp³-hybridized carbons (Fsp3) is 1.00. The minimum atomic E-state index is -0.00406. The molecule has 0 saturated carbocycles. The molecule has 2 fully saturated rings. The highest BCUT2D eigenvalue weighted by Crippen LogP contribution is 2.18. The SMILES string of the molecule is CN1CCN(NC2(CN)CCOC2)CC1. The van der Waals surface area contributed by atoms with Crippen molar-refractivity contribution in [1.82, 2.24) is 15.3 Å². The van der Waals surface area contributed by atoms with Gasteiger partial charge < -0.3 is 15.4 Å². The van der Waals surface area contributed by atoms with Gasteiger partial charge in [-0.25, -0.2) is 10.4 Å². The highest BCUT2D eigenvalue weighted by atomic mass is 16.5. The van der Waals surface area contributed by atoms with Crippen LogP contribution in [0, 0.1) is 0 Å². The van der Waals surface area contributed by atoms with Crippen LogP contribution in [-0.2, 0) is 4.74 Å². The van der Waals surface area contributed by atoms with Gasteiger partial charge in [-0.2, -0.15) is 0 Å². The molecule has 5 heteroatoms. The second kappa shape index (κ2) is 4.76. The lowest BCUT2D eigenvalue weighted by atomic mass is 10.0. The first kappa shape index (κ1) is 11.3. The Labute approximate surface area is 91.5 Å². The van der Waals surface area contributed by atoms with Crippen LogP contribution in [0.2, 0.25) is 0 Å². The summed E-state index contributed by atoms with van der Waals surface area (Å²) >= 11 is 0. The van der Waals surface area contributed by atoms with E-state index in [0.717, 1.165) is 45.8 Å². The summed E-state index contributed by atoms with van der Waals surface area (Å²) in [7, 11) is 2.16. The second-order valence-electron chi connectivity index (χ2n) is 4.69. The van der Waals surface area contributed by atoms with Crippen LogP contribution in [0.25, 0.3) is 0 Å². The lowest BCUT2D eigenvalue weighted by Crippen LogP contribution is -2.62. The summed E-state index contributed by atoms with van der Waals surface area (Å²) in [5.41, 5.74) is 9.39. The van der Waals surface area contributed by atoms with E-state index < -0.39 is 0 Å². The van der Waals surface area contributed by atoms with E-state index in [0.29, 0.717) is 6.54 Å². The van der Waals surface area contributed by atoms with Crippen LogP contribution in [0.5, 0.6) is 0 Å². The molecule has 0 aromatic rings. The zero-order valence-corrected chi connectivity index (χ0v) is 9.54. The van der Waals surface area contributed by atoms with E-state index in [-0.39, 0.29) is 5.54 Å². The van der Waals surface area contributed by atoms with E-state index in [9.17, 15) is 0 Å². The van der Waals surface area contributed by atoms with Crippen molar-refractivity contribution in [3.05, 3.63) is 0 Å². The number of likely N-dealkylation sites (N-methyl/N-ethyl adjacent to an activating group) is 1. The maximum Gasteiger partial charge on any atom is 0.0702 e. The number of hydrazine groups is 1. The van der Waals surface area contributed by atoms with Crippen molar-refractivity contribution in [3.8, 4) is 0 Å². The number of hydrogen-bond donors (Lipinski definition) is 2. The number of nitrogens with zero attached hydrogens (tertiary/aromatic N) is 2. The summed E-state index contributed by atoms with van der Waals surface area (Å²) in [5, 5.41) is 2.29. The Bertz CT molecular complexity index is 198. The zero-order chi connectivity index (χ0) is 10.7. The molecule has 0 radical (unpaired) electrons. The summed E-state index contributed by atoms with van der Waals surface area (Å²) in [6, 6.07) is 0. The number of rotatable bonds is 3. The van der Waals surface area contributed by atoms with Crippen molar-refractivity contribution in [2.45, 2.75) is 12.0 Å².